The van der Waals surface area contributed by atoms with Crippen molar-refractivity contribution in [2.45, 2.75) is 4.90 Å². The normalized spacial score (nSPS) is 11.6. The molecule has 0 aromatic heterocycles. The molecular weight excluding hydrogens is 364 g/mol. The highest BCUT2D eigenvalue weighted by Crippen LogP contribution is 2.14. The lowest BCUT2D eigenvalue weighted by Crippen LogP contribution is -2.28. The second-order valence-electron chi connectivity index (χ2n) is 5.45. The number of amides is 1. The van der Waals surface area contributed by atoms with Gasteiger partial charge in [-0.15, -0.1) is 4.40 Å². The Morgan fingerprint density at radius 3 is 1.78 bits per heavy atom. The van der Waals surface area contributed by atoms with Gasteiger partial charge in [-0.25, -0.2) is 0 Å². The third kappa shape index (κ3) is 4.80. The van der Waals surface area contributed by atoms with Gasteiger partial charge in [-0.3, -0.25) is 4.79 Å². The van der Waals surface area contributed by atoms with Gasteiger partial charge < -0.3 is 4.84 Å². The third-order valence-corrected chi connectivity index (χ3v) is 4.82. The first-order valence-corrected chi connectivity index (χ1v) is 9.48. The molecule has 0 aliphatic heterocycles. The van der Waals surface area contributed by atoms with E-state index in [0.717, 1.165) is 0 Å². The fraction of sp³-hybridized carbons (Fsp3) is 0. The van der Waals surface area contributed by atoms with Gasteiger partial charge in [0.15, 0.2) is 0 Å². The summed E-state index contributed by atoms with van der Waals surface area (Å²) < 4.78 is 28.9. The van der Waals surface area contributed by atoms with E-state index in [1.807, 2.05) is 0 Å². The van der Waals surface area contributed by atoms with Gasteiger partial charge in [0.1, 0.15) is 0 Å². The Kier molecular flexibility index (Phi) is 5.63. The van der Waals surface area contributed by atoms with E-state index < -0.39 is 15.9 Å². The number of sulfonamides is 1. The lowest BCUT2D eigenvalue weighted by atomic mass is 10.2. The van der Waals surface area contributed by atoms with E-state index in [-0.39, 0.29) is 10.8 Å². The van der Waals surface area contributed by atoms with Crippen LogP contribution in [0, 0.1) is 0 Å². The highest BCUT2D eigenvalue weighted by molar-refractivity contribution is 7.90. The maximum atomic E-state index is 12.6. The van der Waals surface area contributed by atoms with Crippen molar-refractivity contribution in [3.8, 4) is 0 Å². The summed E-state index contributed by atoms with van der Waals surface area (Å²) in [7, 11) is -4.01. The van der Waals surface area contributed by atoms with E-state index in [1.54, 1.807) is 78.9 Å². The number of nitrogens with one attached hydrogen (secondary N) is 1. The van der Waals surface area contributed by atoms with Crippen LogP contribution in [0.1, 0.15) is 15.9 Å². The largest absolute Gasteiger partial charge is 0.357 e. The van der Waals surface area contributed by atoms with Crippen LogP contribution in [0.4, 0.5) is 0 Å². The molecule has 0 heterocycles. The zero-order valence-electron chi connectivity index (χ0n) is 14.1. The van der Waals surface area contributed by atoms with Crippen molar-refractivity contribution in [1.82, 2.24) is 5.48 Å². The molecule has 0 atom stereocenters. The summed E-state index contributed by atoms with van der Waals surface area (Å²) in [4.78, 5) is 17.5. The van der Waals surface area contributed by atoms with Gasteiger partial charge in [-0.2, -0.15) is 13.9 Å². The van der Waals surface area contributed by atoms with Crippen LogP contribution in [0.25, 0.3) is 0 Å². The zero-order chi connectivity index (χ0) is 19.1. The van der Waals surface area contributed by atoms with Gasteiger partial charge >= 0.3 is 0 Å². The Hall–Kier alpha value is -3.45. The molecule has 7 heteroatoms. The number of carbonyl (C=O) groups is 1. The molecule has 3 aromatic carbocycles. The summed E-state index contributed by atoms with van der Waals surface area (Å²) in [5.41, 5.74) is 3.02. The van der Waals surface area contributed by atoms with Gasteiger partial charge in [0.2, 0.25) is 0 Å². The molecule has 0 aliphatic rings. The topological polar surface area (TPSA) is 84.8 Å². The summed E-state index contributed by atoms with van der Waals surface area (Å²) in [6, 6.07) is 24.7. The van der Waals surface area contributed by atoms with Crippen molar-refractivity contribution in [2.75, 3.05) is 0 Å². The van der Waals surface area contributed by atoms with Gasteiger partial charge in [-0.1, -0.05) is 54.6 Å². The van der Waals surface area contributed by atoms with E-state index in [4.69, 9.17) is 4.84 Å². The van der Waals surface area contributed by atoms with Crippen LogP contribution in [0.5, 0.6) is 0 Å². The Balaban J connectivity index is 1.89. The summed E-state index contributed by atoms with van der Waals surface area (Å²) in [5.74, 6) is -0.750. The molecule has 0 bridgehead atoms. The fourth-order valence-corrected chi connectivity index (χ4v) is 3.18. The van der Waals surface area contributed by atoms with Crippen molar-refractivity contribution >= 4 is 21.8 Å². The lowest BCUT2D eigenvalue weighted by molar-refractivity contribution is 0.0738. The maximum Gasteiger partial charge on any atom is 0.285 e. The molecule has 3 rings (SSSR count). The smallest absolute Gasteiger partial charge is 0.285 e. The second kappa shape index (κ2) is 8.29. The lowest BCUT2D eigenvalue weighted by Gasteiger charge is -2.10. The number of rotatable bonds is 4. The molecule has 0 aliphatic carbocycles. The molecule has 0 saturated carbocycles. The molecule has 0 fully saturated rings. The second-order valence-corrected chi connectivity index (χ2v) is 7.05. The first kappa shape index (κ1) is 18.3. The third-order valence-electron chi connectivity index (χ3n) is 3.54. The number of hydroxylamine groups is 1. The minimum absolute atomic E-state index is 0.0245. The quantitative estimate of drug-likeness (QED) is 0.428. The Morgan fingerprint density at radius 1 is 0.741 bits per heavy atom. The molecule has 0 saturated heterocycles. The zero-order valence-corrected chi connectivity index (χ0v) is 15.0. The average Bonchev–Trinajstić information content (AvgIpc) is 2.73. The van der Waals surface area contributed by atoms with E-state index >= 15 is 0 Å². The first-order chi connectivity index (χ1) is 13.1. The molecule has 1 amide bonds. The number of hydrogen-bond acceptors (Lipinski definition) is 4. The molecule has 3 aromatic rings. The Bertz CT molecular complexity index is 1040. The molecule has 0 radical (unpaired) electrons. The Labute approximate surface area is 157 Å². The van der Waals surface area contributed by atoms with Crippen LogP contribution in [-0.2, 0) is 14.9 Å². The van der Waals surface area contributed by atoms with E-state index in [1.165, 1.54) is 12.1 Å². The minimum Gasteiger partial charge on any atom is -0.357 e. The van der Waals surface area contributed by atoms with Crippen LogP contribution >= 0.6 is 0 Å². The molecule has 0 unspecified atom stereocenters. The maximum absolute atomic E-state index is 12.6. The average molecular weight is 380 g/mol. The highest BCUT2D eigenvalue weighted by atomic mass is 32.2. The van der Waals surface area contributed by atoms with Crippen molar-refractivity contribution < 1.29 is 18.0 Å². The van der Waals surface area contributed by atoms with Crippen molar-refractivity contribution in [3.05, 3.63) is 102 Å². The van der Waals surface area contributed by atoms with Crippen molar-refractivity contribution in [1.29, 1.82) is 0 Å². The van der Waals surface area contributed by atoms with Crippen LogP contribution in [0.15, 0.2) is 100 Å². The van der Waals surface area contributed by atoms with E-state index in [2.05, 4.69) is 9.88 Å². The minimum atomic E-state index is -4.01. The van der Waals surface area contributed by atoms with Gasteiger partial charge in [0.05, 0.1) is 4.90 Å². The first-order valence-electron chi connectivity index (χ1n) is 8.04. The fourth-order valence-electron chi connectivity index (χ4n) is 2.21. The molecule has 27 heavy (non-hydrogen) atoms. The molecule has 136 valence electrons. The highest BCUT2D eigenvalue weighted by Gasteiger charge is 2.17. The summed E-state index contributed by atoms with van der Waals surface area (Å²) in [6.45, 7) is 0. The van der Waals surface area contributed by atoms with E-state index in [9.17, 15) is 13.2 Å². The van der Waals surface area contributed by atoms with Crippen LogP contribution in [0.3, 0.4) is 0 Å². The molecular formula is C20H16N2O4S. The Morgan fingerprint density at radius 2 is 1.22 bits per heavy atom. The molecule has 6 nitrogen and oxygen atoms in total. The van der Waals surface area contributed by atoms with Crippen LogP contribution in [0.2, 0.25) is 0 Å². The van der Waals surface area contributed by atoms with E-state index in [0.29, 0.717) is 11.1 Å². The summed E-state index contributed by atoms with van der Waals surface area (Å²) >= 11 is 0. The predicted molar refractivity (Wildman–Crippen MR) is 102 cm³/mol. The summed E-state index contributed by atoms with van der Waals surface area (Å²) in [6.07, 6.45) is 0. The SMILES string of the molecule is O=C(NOC(=NS(=O)(=O)c1ccccc1)c1ccccc1)c1ccccc1. The van der Waals surface area contributed by atoms with Crippen LogP contribution < -0.4 is 5.48 Å². The molecule has 1 N–H and O–H groups in total. The van der Waals surface area contributed by atoms with Crippen LogP contribution in [-0.4, -0.2) is 20.2 Å². The monoisotopic (exact) mass is 380 g/mol. The number of hydrogen-bond donors (Lipinski definition) is 1. The predicted octanol–water partition coefficient (Wildman–Crippen LogP) is 3.18. The van der Waals surface area contributed by atoms with Gasteiger partial charge in [0, 0.05) is 11.1 Å². The molecule has 0 spiro atoms. The van der Waals surface area contributed by atoms with Crippen molar-refractivity contribution in [3.63, 3.8) is 0 Å². The van der Waals surface area contributed by atoms with Gasteiger partial charge in [-0.05, 0) is 36.4 Å². The van der Waals surface area contributed by atoms with Crippen molar-refractivity contribution in [2.24, 2.45) is 4.40 Å². The number of benzene rings is 3. The number of carbonyl (C=O) groups excluding carboxylic acids is 1. The van der Waals surface area contributed by atoms with Gasteiger partial charge in [0.25, 0.3) is 21.8 Å². The summed E-state index contributed by atoms with van der Waals surface area (Å²) in [5, 5.41) is 0. The number of nitrogens with zero attached hydrogens (tertiary/aromatic N) is 1. The standard InChI is InChI=1S/C20H16N2O4S/c23-19(16-10-4-1-5-11-16)21-26-20(17-12-6-2-7-13-17)22-27(24,25)18-14-8-3-9-15-18/h1-15H,(H,21,23).